The second kappa shape index (κ2) is 6.56. The molecule has 150 valence electrons. The average molecular weight is 439 g/mol. The Labute approximate surface area is 172 Å². The Hall–Kier alpha value is -2.39. The Kier molecular flexibility index (Phi) is 4.22. The van der Waals surface area contributed by atoms with Crippen LogP contribution in [-0.2, 0) is 12.7 Å². The van der Waals surface area contributed by atoms with Crippen molar-refractivity contribution in [3.63, 3.8) is 0 Å². The zero-order valence-electron chi connectivity index (χ0n) is 14.9. The summed E-state index contributed by atoms with van der Waals surface area (Å²) < 4.78 is 41.6. The molecule has 0 N–H and O–H groups in total. The van der Waals surface area contributed by atoms with Gasteiger partial charge in [0, 0.05) is 6.54 Å². The van der Waals surface area contributed by atoms with Gasteiger partial charge in [-0.05, 0) is 36.4 Å². The Morgan fingerprint density at radius 3 is 2.72 bits per heavy atom. The summed E-state index contributed by atoms with van der Waals surface area (Å²) in [6.45, 7) is 0.508. The maximum Gasteiger partial charge on any atom is 0.417 e. The van der Waals surface area contributed by atoms with Crippen LogP contribution in [0.15, 0.2) is 35.7 Å². The van der Waals surface area contributed by atoms with Gasteiger partial charge in [0.25, 0.3) is 5.91 Å². The third-order valence-electron chi connectivity index (χ3n) is 5.48. The van der Waals surface area contributed by atoms with Crippen molar-refractivity contribution in [3.05, 3.63) is 57.7 Å². The molecule has 1 saturated heterocycles. The molecular formula is C19H14ClF3N4OS. The number of nitrogens with zero attached hydrogens (tertiary/aromatic N) is 4. The van der Waals surface area contributed by atoms with E-state index >= 15 is 0 Å². The van der Waals surface area contributed by atoms with Crippen molar-refractivity contribution in [2.75, 3.05) is 0 Å². The van der Waals surface area contributed by atoms with E-state index in [1.807, 2.05) is 22.1 Å². The predicted octanol–water partition coefficient (Wildman–Crippen LogP) is 5.04. The molecule has 2 atom stereocenters. The molecule has 2 aromatic heterocycles. The lowest BCUT2D eigenvalue weighted by atomic mass is 10.1. The lowest BCUT2D eigenvalue weighted by molar-refractivity contribution is -0.137. The van der Waals surface area contributed by atoms with Crippen LogP contribution in [-0.4, -0.2) is 31.6 Å². The number of amides is 1. The first-order valence-electron chi connectivity index (χ1n) is 9.01. The molecule has 2 aliphatic heterocycles. The Morgan fingerprint density at radius 1 is 1.17 bits per heavy atom. The van der Waals surface area contributed by atoms with Gasteiger partial charge >= 0.3 is 6.18 Å². The Morgan fingerprint density at radius 2 is 2.00 bits per heavy atom. The van der Waals surface area contributed by atoms with Gasteiger partial charge in [-0.15, -0.1) is 21.5 Å². The number of aromatic nitrogens is 3. The van der Waals surface area contributed by atoms with E-state index < -0.39 is 22.7 Å². The highest BCUT2D eigenvalue weighted by Gasteiger charge is 2.46. The number of benzene rings is 1. The minimum atomic E-state index is -4.62. The van der Waals surface area contributed by atoms with Crippen LogP contribution in [0.25, 0.3) is 10.7 Å². The van der Waals surface area contributed by atoms with Gasteiger partial charge in [-0.2, -0.15) is 13.2 Å². The summed E-state index contributed by atoms with van der Waals surface area (Å²) in [5, 5.41) is 10.0. The second-order valence-electron chi connectivity index (χ2n) is 7.09. The molecule has 10 heteroatoms. The zero-order valence-corrected chi connectivity index (χ0v) is 16.4. The number of rotatable bonds is 2. The Bertz CT molecular complexity index is 1100. The van der Waals surface area contributed by atoms with E-state index in [1.54, 1.807) is 16.2 Å². The number of hydrogen-bond acceptors (Lipinski definition) is 4. The van der Waals surface area contributed by atoms with E-state index in [4.69, 9.17) is 11.6 Å². The number of carbonyl (C=O) groups excluding carboxylic acids is 1. The van der Waals surface area contributed by atoms with Gasteiger partial charge in [-0.1, -0.05) is 23.7 Å². The lowest BCUT2D eigenvalue weighted by Crippen LogP contribution is -2.44. The number of thiophene rings is 1. The smallest absolute Gasteiger partial charge is 0.324 e. The first kappa shape index (κ1) is 18.6. The van der Waals surface area contributed by atoms with Crippen molar-refractivity contribution in [1.29, 1.82) is 0 Å². The third kappa shape index (κ3) is 2.86. The molecule has 1 aromatic carbocycles. The summed E-state index contributed by atoms with van der Waals surface area (Å²) in [4.78, 5) is 15.8. The SMILES string of the molecule is O=C(c1cccc(C(F)(F)F)c1Cl)N1C2CCC1c1nnc(-c3cccs3)n1C2. The molecule has 5 nitrogen and oxygen atoms in total. The number of fused-ring (bicyclic) bond motifs is 4. The van der Waals surface area contributed by atoms with E-state index in [0.717, 1.165) is 23.2 Å². The van der Waals surface area contributed by atoms with Crippen molar-refractivity contribution in [2.45, 2.75) is 37.6 Å². The minimum absolute atomic E-state index is 0.134. The quantitative estimate of drug-likeness (QED) is 0.563. The predicted molar refractivity (Wildman–Crippen MR) is 102 cm³/mol. The van der Waals surface area contributed by atoms with Crippen molar-refractivity contribution in [2.24, 2.45) is 0 Å². The molecule has 4 heterocycles. The molecule has 0 aliphatic carbocycles. The third-order valence-corrected chi connectivity index (χ3v) is 6.76. The second-order valence-corrected chi connectivity index (χ2v) is 8.42. The summed E-state index contributed by atoms with van der Waals surface area (Å²) >= 11 is 7.55. The van der Waals surface area contributed by atoms with Gasteiger partial charge in [0.15, 0.2) is 11.6 Å². The molecule has 2 unspecified atom stereocenters. The fourth-order valence-corrected chi connectivity index (χ4v) is 5.25. The molecule has 2 aliphatic rings. The van der Waals surface area contributed by atoms with Gasteiger partial charge in [-0.3, -0.25) is 4.79 Å². The maximum absolute atomic E-state index is 13.2. The summed E-state index contributed by atoms with van der Waals surface area (Å²) in [5.74, 6) is 0.926. The van der Waals surface area contributed by atoms with Crippen molar-refractivity contribution < 1.29 is 18.0 Å². The highest BCUT2D eigenvalue weighted by molar-refractivity contribution is 7.13. The van der Waals surface area contributed by atoms with Crippen molar-refractivity contribution in [1.82, 2.24) is 19.7 Å². The van der Waals surface area contributed by atoms with E-state index in [0.29, 0.717) is 18.8 Å². The summed E-state index contributed by atoms with van der Waals surface area (Å²) in [6, 6.07) is 6.87. The molecule has 0 spiro atoms. The first-order valence-corrected chi connectivity index (χ1v) is 10.3. The standard InChI is InChI=1S/C19H14ClF3N4OS/c20-15-11(3-1-4-12(15)19(21,22)23)18(28)27-10-6-7-13(27)16-24-25-17(26(16)9-10)14-5-2-8-29-14/h1-5,8,10,13H,6-7,9H2. The number of halogens is 4. The normalized spacial score (nSPS) is 20.8. The summed E-state index contributed by atoms with van der Waals surface area (Å²) in [5.41, 5.74) is -1.14. The van der Waals surface area contributed by atoms with Crippen LogP contribution in [0.1, 0.15) is 40.6 Å². The van der Waals surface area contributed by atoms with Crippen molar-refractivity contribution >= 4 is 28.8 Å². The van der Waals surface area contributed by atoms with Gasteiger partial charge < -0.3 is 9.47 Å². The number of carbonyl (C=O) groups is 1. The molecule has 29 heavy (non-hydrogen) atoms. The van der Waals surface area contributed by atoms with Crippen LogP contribution in [0.5, 0.6) is 0 Å². The summed E-state index contributed by atoms with van der Waals surface area (Å²) in [7, 11) is 0. The van der Waals surface area contributed by atoms with Gasteiger partial charge in [0.2, 0.25) is 0 Å². The molecule has 5 rings (SSSR count). The topological polar surface area (TPSA) is 51.0 Å². The van der Waals surface area contributed by atoms with Crippen LogP contribution < -0.4 is 0 Å². The molecule has 1 amide bonds. The molecule has 1 fully saturated rings. The van der Waals surface area contributed by atoms with Gasteiger partial charge in [0.1, 0.15) is 0 Å². The van der Waals surface area contributed by atoms with Gasteiger partial charge in [-0.25, -0.2) is 0 Å². The molecule has 2 bridgehead atoms. The largest absolute Gasteiger partial charge is 0.417 e. The van der Waals surface area contributed by atoms with Crippen LogP contribution in [0, 0.1) is 0 Å². The fourth-order valence-electron chi connectivity index (χ4n) is 4.22. The molecule has 0 saturated carbocycles. The highest BCUT2D eigenvalue weighted by Crippen LogP contribution is 2.44. The van der Waals surface area contributed by atoms with Crippen molar-refractivity contribution in [3.8, 4) is 10.7 Å². The van der Waals surface area contributed by atoms with E-state index in [9.17, 15) is 18.0 Å². The van der Waals surface area contributed by atoms with Crippen LogP contribution in [0.2, 0.25) is 5.02 Å². The number of hydrogen-bond donors (Lipinski definition) is 0. The fraction of sp³-hybridized carbons (Fsp3) is 0.316. The van der Waals surface area contributed by atoms with E-state index in [2.05, 4.69) is 10.2 Å². The minimum Gasteiger partial charge on any atom is -0.324 e. The average Bonchev–Trinajstić information content (AvgIpc) is 3.39. The van der Waals surface area contributed by atoms with E-state index in [-0.39, 0.29) is 17.6 Å². The van der Waals surface area contributed by atoms with Crippen LogP contribution in [0.4, 0.5) is 13.2 Å². The molecule has 3 aromatic rings. The highest BCUT2D eigenvalue weighted by atomic mass is 35.5. The molecule has 0 radical (unpaired) electrons. The first-order chi connectivity index (χ1) is 13.9. The van der Waals surface area contributed by atoms with Crippen LogP contribution in [0.3, 0.4) is 0 Å². The number of alkyl halides is 3. The monoisotopic (exact) mass is 438 g/mol. The van der Waals surface area contributed by atoms with E-state index in [1.165, 1.54) is 12.1 Å². The maximum atomic E-state index is 13.2. The molecular weight excluding hydrogens is 425 g/mol. The zero-order chi connectivity index (χ0) is 20.3. The Balaban J connectivity index is 1.53. The van der Waals surface area contributed by atoms with Crippen LogP contribution >= 0.6 is 22.9 Å². The summed E-state index contributed by atoms with van der Waals surface area (Å²) in [6.07, 6.45) is -3.18. The lowest BCUT2D eigenvalue weighted by Gasteiger charge is -2.35. The van der Waals surface area contributed by atoms with Gasteiger partial charge in [0.05, 0.1) is 33.1 Å².